The van der Waals surface area contributed by atoms with E-state index in [2.05, 4.69) is 35.9 Å². The van der Waals surface area contributed by atoms with Crippen LogP contribution in [-0.4, -0.2) is 61.3 Å². The molecule has 0 aromatic heterocycles. The lowest BCUT2D eigenvalue weighted by atomic mass is 10.0. The first-order valence-electron chi connectivity index (χ1n) is 14.9. The largest absolute Gasteiger partial charge is 0.355 e. The molecule has 3 N–H and O–H groups in total. The van der Waals surface area contributed by atoms with Crippen molar-refractivity contribution in [1.29, 1.82) is 0 Å². The third-order valence-corrected chi connectivity index (χ3v) is 5.47. The quantitative estimate of drug-likeness (QED) is 0.179. The van der Waals surface area contributed by atoms with Crippen molar-refractivity contribution in [2.45, 2.75) is 120 Å². The fraction of sp³-hybridized carbons (Fsp3) is 0.800. The maximum Gasteiger partial charge on any atom is 0.233 e. The predicted octanol–water partition coefficient (Wildman–Crippen LogP) is 5.22. The molecule has 2 aliphatic rings. The number of hydrogen-bond acceptors (Lipinski definition) is 5. The highest BCUT2D eigenvalue weighted by Crippen LogP contribution is 2.29. The predicted molar refractivity (Wildman–Crippen MR) is 160 cm³/mol. The Morgan fingerprint density at radius 2 is 1.55 bits per heavy atom. The SMILES string of the molecule is CC.CC.CC.CC1CC(=O)N(CCCCCC(=O)NC(C=C2CC2)C(C)C)C1=O.CCNC(=O)CNC. The van der Waals surface area contributed by atoms with Gasteiger partial charge in [0.15, 0.2) is 0 Å². The number of hydrogen-bond donors (Lipinski definition) is 3. The van der Waals surface area contributed by atoms with Crippen molar-refractivity contribution in [2.24, 2.45) is 11.8 Å². The van der Waals surface area contributed by atoms with Gasteiger partial charge in [-0.25, -0.2) is 0 Å². The van der Waals surface area contributed by atoms with Crippen LogP contribution in [0.5, 0.6) is 0 Å². The van der Waals surface area contributed by atoms with E-state index in [9.17, 15) is 19.2 Å². The first-order chi connectivity index (χ1) is 18.2. The number of carbonyl (C=O) groups is 4. The minimum absolute atomic E-state index is 0.0503. The van der Waals surface area contributed by atoms with E-state index >= 15 is 0 Å². The lowest BCUT2D eigenvalue weighted by Crippen LogP contribution is -2.37. The van der Waals surface area contributed by atoms with Gasteiger partial charge in [-0.15, -0.1) is 0 Å². The fourth-order valence-corrected chi connectivity index (χ4v) is 3.39. The molecule has 4 amide bonds. The number of allylic oxidation sites excluding steroid dienone is 1. The number of amides is 4. The Kier molecular flexibility index (Phi) is 28.0. The van der Waals surface area contributed by atoms with Crippen LogP contribution in [0.15, 0.2) is 11.6 Å². The topological polar surface area (TPSA) is 108 Å². The van der Waals surface area contributed by atoms with Gasteiger partial charge in [-0.05, 0) is 45.6 Å². The standard InChI is InChI=1S/C19H30N2O3.C5H12N2O.3C2H6/c1-13(2)16(12-15-8-9-15)20-17(22)7-5-4-6-10-21-18(23)11-14(3)19(21)24;1-3-7-5(8)4-6-2;3*1-2/h12-14,16H,4-11H2,1-3H3,(H,20,22);6H,3-4H2,1-2H3,(H,7,8);3*1-2H3. The molecule has 2 atom stereocenters. The summed E-state index contributed by atoms with van der Waals surface area (Å²) in [5.41, 5.74) is 1.45. The number of unbranched alkanes of at least 4 members (excludes halogenated alkanes) is 2. The van der Waals surface area contributed by atoms with Crippen LogP contribution in [0.25, 0.3) is 0 Å². The highest BCUT2D eigenvalue weighted by atomic mass is 16.2. The van der Waals surface area contributed by atoms with E-state index in [1.807, 2.05) is 48.5 Å². The molecule has 224 valence electrons. The smallest absolute Gasteiger partial charge is 0.233 e. The molecule has 0 aromatic rings. The van der Waals surface area contributed by atoms with Gasteiger partial charge in [0, 0.05) is 37.9 Å². The lowest BCUT2D eigenvalue weighted by molar-refractivity contribution is -0.139. The number of nitrogens with zero attached hydrogens (tertiary/aromatic N) is 1. The molecule has 0 spiro atoms. The second-order valence-electron chi connectivity index (χ2n) is 8.95. The monoisotopic (exact) mass is 540 g/mol. The molecular weight excluding hydrogens is 480 g/mol. The van der Waals surface area contributed by atoms with E-state index in [1.54, 1.807) is 14.0 Å². The number of likely N-dealkylation sites (N-methyl/N-ethyl adjacent to an activating group) is 2. The lowest BCUT2D eigenvalue weighted by Gasteiger charge is -2.19. The first-order valence-corrected chi connectivity index (χ1v) is 14.9. The zero-order valence-electron chi connectivity index (χ0n) is 26.5. The molecule has 8 nitrogen and oxygen atoms in total. The second kappa shape index (κ2) is 26.4. The van der Waals surface area contributed by atoms with Gasteiger partial charge in [-0.3, -0.25) is 24.1 Å². The Morgan fingerprint density at radius 1 is 0.974 bits per heavy atom. The van der Waals surface area contributed by atoms with E-state index < -0.39 is 0 Å². The summed E-state index contributed by atoms with van der Waals surface area (Å²) in [5, 5.41) is 8.49. The summed E-state index contributed by atoms with van der Waals surface area (Å²) in [6, 6.07) is 0.135. The molecule has 1 saturated carbocycles. The summed E-state index contributed by atoms with van der Waals surface area (Å²) >= 11 is 0. The van der Waals surface area contributed by atoms with Crippen molar-refractivity contribution in [1.82, 2.24) is 20.9 Å². The van der Waals surface area contributed by atoms with Crippen LogP contribution in [0.3, 0.4) is 0 Å². The molecule has 0 bridgehead atoms. The average molecular weight is 541 g/mol. The Morgan fingerprint density at radius 3 is 1.97 bits per heavy atom. The van der Waals surface area contributed by atoms with E-state index in [4.69, 9.17) is 0 Å². The van der Waals surface area contributed by atoms with Crippen molar-refractivity contribution in [3.8, 4) is 0 Å². The van der Waals surface area contributed by atoms with Crippen molar-refractivity contribution < 1.29 is 19.2 Å². The minimum Gasteiger partial charge on any atom is -0.355 e. The van der Waals surface area contributed by atoms with Gasteiger partial charge < -0.3 is 16.0 Å². The molecule has 2 fully saturated rings. The molecule has 2 unspecified atom stereocenters. The minimum atomic E-state index is -0.170. The third kappa shape index (κ3) is 19.8. The van der Waals surface area contributed by atoms with Crippen LogP contribution in [-0.2, 0) is 19.2 Å². The summed E-state index contributed by atoms with van der Waals surface area (Å²) in [6.07, 6.45) is 7.81. The molecule has 0 aromatic carbocycles. The number of rotatable bonds is 12. The molecule has 2 rings (SSSR count). The zero-order valence-corrected chi connectivity index (χ0v) is 26.5. The number of nitrogens with one attached hydrogen (secondary N) is 3. The van der Waals surface area contributed by atoms with Gasteiger partial charge >= 0.3 is 0 Å². The second-order valence-corrected chi connectivity index (χ2v) is 8.95. The maximum atomic E-state index is 12.1. The Hall–Kier alpha value is -2.22. The van der Waals surface area contributed by atoms with Crippen LogP contribution in [0.1, 0.15) is 114 Å². The average Bonchev–Trinajstić information content (AvgIpc) is 3.69. The van der Waals surface area contributed by atoms with Crippen molar-refractivity contribution >= 4 is 23.6 Å². The van der Waals surface area contributed by atoms with E-state index in [0.717, 1.165) is 19.3 Å². The van der Waals surface area contributed by atoms with Crippen molar-refractivity contribution in [3.63, 3.8) is 0 Å². The molecule has 0 radical (unpaired) electrons. The van der Waals surface area contributed by atoms with E-state index in [0.29, 0.717) is 38.4 Å². The maximum absolute atomic E-state index is 12.1. The molecule has 1 heterocycles. The van der Waals surface area contributed by atoms with E-state index in [1.165, 1.54) is 23.3 Å². The Labute approximate surface area is 234 Å². The van der Waals surface area contributed by atoms with Crippen LogP contribution < -0.4 is 16.0 Å². The van der Waals surface area contributed by atoms with Crippen LogP contribution >= 0.6 is 0 Å². The van der Waals surface area contributed by atoms with Gasteiger partial charge in [0.25, 0.3) is 0 Å². The Balaban J connectivity index is -0.000000736. The third-order valence-electron chi connectivity index (χ3n) is 5.47. The number of imide groups is 1. The summed E-state index contributed by atoms with van der Waals surface area (Å²) in [5.74, 6) is 0.264. The summed E-state index contributed by atoms with van der Waals surface area (Å²) in [4.78, 5) is 47.4. The van der Waals surface area contributed by atoms with Gasteiger partial charge in [0.2, 0.25) is 23.6 Å². The molecule has 1 aliphatic heterocycles. The molecule has 1 saturated heterocycles. The molecule has 8 heteroatoms. The summed E-state index contributed by atoms with van der Waals surface area (Å²) in [6.45, 7) is 21.5. The molecule has 38 heavy (non-hydrogen) atoms. The van der Waals surface area contributed by atoms with Crippen molar-refractivity contribution in [2.75, 3.05) is 26.7 Å². The van der Waals surface area contributed by atoms with Crippen LogP contribution in [0, 0.1) is 11.8 Å². The van der Waals surface area contributed by atoms with Crippen molar-refractivity contribution in [3.05, 3.63) is 11.6 Å². The normalized spacial score (nSPS) is 15.8. The van der Waals surface area contributed by atoms with Gasteiger partial charge in [-0.1, -0.05) is 80.4 Å². The van der Waals surface area contributed by atoms with Crippen LogP contribution in [0.2, 0.25) is 0 Å². The number of carbonyl (C=O) groups excluding carboxylic acids is 4. The van der Waals surface area contributed by atoms with Gasteiger partial charge in [0.05, 0.1) is 6.54 Å². The van der Waals surface area contributed by atoms with E-state index in [-0.39, 0.29) is 35.6 Å². The van der Waals surface area contributed by atoms with Gasteiger partial charge in [-0.2, -0.15) is 0 Å². The fourth-order valence-electron chi connectivity index (χ4n) is 3.39. The zero-order chi connectivity index (χ0) is 30.1. The first kappa shape index (κ1) is 40.3. The van der Waals surface area contributed by atoms with Gasteiger partial charge in [0.1, 0.15) is 0 Å². The molecular formula is C30H60N4O4. The highest BCUT2D eigenvalue weighted by Gasteiger charge is 2.34. The van der Waals surface area contributed by atoms with Crippen LogP contribution in [0.4, 0.5) is 0 Å². The summed E-state index contributed by atoms with van der Waals surface area (Å²) < 4.78 is 0. The highest BCUT2D eigenvalue weighted by molar-refractivity contribution is 6.03. The summed E-state index contributed by atoms with van der Waals surface area (Å²) in [7, 11) is 1.75. The molecule has 1 aliphatic carbocycles. The number of likely N-dealkylation sites (tertiary alicyclic amines) is 1. The Bertz CT molecular complexity index is 663.